The highest BCUT2D eigenvalue weighted by Crippen LogP contribution is 2.16. The van der Waals surface area contributed by atoms with Gasteiger partial charge < -0.3 is 9.84 Å². The first-order chi connectivity index (χ1) is 9.51. The normalized spacial score (nSPS) is 11.2. The summed E-state index contributed by atoms with van der Waals surface area (Å²) in [5.41, 5.74) is 0.898. The van der Waals surface area contributed by atoms with Gasteiger partial charge in [-0.15, -0.1) is 0 Å². The molecule has 1 rings (SSSR count). The predicted molar refractivity (Wildman–Crippen MR) is 73.6 cm³/mol. The molecule has 0 saturated heterocycles. The Kier molecular flexibility index (Phi) is 6.61. The highest BCUT2D eigenvalue weighted by molar-refractivity contribution is 7.89. The lowest BCUT2D eigenvalue weighted by atomic mass is 10.2. The number of ether oxygens (including phenoxy) is 1. The van der Waals surface area contributed by atoms with E-state index in [4.69, 9.17) is 15.1 Å². The third-order valence-electron chi connectivity index (χ3n) is 2.60. The fourth-order valence-corrected chi connectivity index (χ4v) is 2.93. The van der Waals surface area contributed by atoms with Crippen molar-refractivity contribution in [2.45, 2.75) is 18.2 Å². The molecule has 0 saturated carbocycles. The van der Waals surface area contributed by atoms with Gasteiger partial charge in [-0.2, -0.15) is 5.26 Å². The third-order valence-corrected chi connectivity index (χ3v) is 4.20. The van der Waals surface area contributed by atoms with Gasteiger partial charge >= 0.3 is 0 Å². The molecule has 0 aliphatic rings. The summed E-state index contributed by atoms with van der Waals surface area (Å²) in [6.07, 6.45) is 0.510. The number of hydrogen-bond acceptors (Lipinski definition) is 5. The van der Waals surface area contributed by atoms with Gasteiger partial charge in [0, 0.05) is 13.2 Å². The van der Waals surface area contributed by atoms with Crippen molar-refractivity contribution in [3.05, 3.63) is 29.3 Å². The summed E-state index contributed by atoms with van der Waals surface area (Å²) in [4.78, 5) is 0.118. The average Bonchev–Trinajstić information content (AvgIpc) is 2.43. The van der Waals surface area contributed by atoms with E-state index in [0.29, 0.717) is 24.2 Å². The predicted octanol–water partition coefficient (Wildman–Crippen LogP) is 0.544. The molecule has 20 heavy (non-hydrogen) atoms. The number of aliphatic hydroxyl groups is 1. The molecule has 0 unspecified atom stereocenters. The summed E-state index contributed by atoms with van der Waals surface area (Å²) in [5.74, 6) is 0. The molecule has 110 valence electrons. The van der Waals surface area contributed by atoms with Crippen LogP contribution in [0.3, 0.4) is 0 Å². The highest BCUT2D eigenvalue weighted by atomic mass is 32.2. The number of nitriles is 1. The van der Waals surface area contributed by atoms with E-state index in [9.17, 15) is 8.42 Å². The molecule has 0 amide bonds. The smallest absolute Gasteiger partial charge is 0.240 e. The van der Waals surface area contributed by atoms with Crippen molar-refractivity contribution in [1.82, 2.24) is 4.72 Å². The van der Waals surface area contributed by atoms with Gasteiger partial charge in [-0.05, 0) is 31.0 Å². The minimum Gasteiger partial charge on any atom is -0.394 e. The summed E-state index contributed by atoms with van der Waals surface area (Å²) in [6, 6.07) is 6.47. The van der Waals surface area contributed by atoms with Crippen molar-refractivity contribution in [2.24, 2.45) is 0 Å². The molecule has 0 aliphatic heterocycles. The second-order valence-electron chi connectivity index (χ2n) is 4.18. The van der Waals surface area contributed by atoms with Gasteiger partial charge in [0.15, 0.2) is 0 Å². The van der Waals surface area contributed by atoms with E-state index in [-0.39, 0.29) is 24.7 Å². The van der Waals surface area contributed by atoms with E-state index in [1.807, 2.05) is 6.07 Å². The fraction of sp³-hybridized carbons (Fsp3) is 0.462. The molecule has 6 nitrogen and oxygen atoms in total. The van der Waals surface area contributed by atoms with Crippen molar-refractivity contribution >= 4 is 10.0 Å². The molecule has 1 aromatic rings. The second kappa shape index (κ2) is 7.97. The Morgan fingerprint density at radius 3 is 2.80 bits per heavy atom. The second-order valence-corrected chi connectivity index (χ2v) is 5.91. The fourth-order valence-electron chi connectivity index (χ4n) is 1.58. The molecule has 0 aliphatic carbocycles. The van der Waals surface area contributed by atoms with Crippen molar-refractivity contribution in [1.29, 1.82) is 5.26 Å². The monoisotopic (exact) mass is 298 g/mol. The molecule has 0 fully saturated rings. The maximum atomic E-state index is 12.1. The Morgan fingerprint density at radius 2 is 2.15 bits per heavy atom. The highest BCUT2D eigenvalue weighted by Gasteiger charge is 2.16. The lowest BCUT2D eigenvalue weighted by Gasteiger charge is -2.09. The maximum Gasteiger partial charge on any atom is 0.240 e. The average molecular weight is 298 g/mol. The van der Waals surface area contributed by atoms with Crippen molar-refractivity contribution in [2.75, 3.05) is 26.4 Å². The minimum atomic E-state index is -3.62. The molecule has 1 aromatic carbocycles. The number of aryl methyl sites for hydroxylation is 1. The SMILES string of the molecule is Cc1ccc(C#N)cc1S(=O)(=O)NCCCOCCO. The molecule has 0 spiro atoms. The Bertz CT molecular complexity index is 579. The van der Waals surface area contributed by atoms with Crippen LogP contribution in [-0.2, 0) is 14.8 Å². The molecule has 0 heterocycles. The molecule has 2 N–H and O–H groups in total. The van der Waals surface area contributed by atoms with Crippen LogP contribution in [0.15, 0.2) is 23.1 Å². The largest absolute Gasteiger partial charge is 0.394 e. The van der Waals surface area contributed by atoms with E-state index in [2.05, 4.69) is 4.72 Å². The van der Waals surface area contributed by atoms with E-state index in [1.54, 1.807) is 19.1 Å². The van der Waals surface area contributed by atoms with Gasteiger partial charge in [0.25, 0.3) is 0 Å². The van der Waals surface area contributed by atoms with Crippen LogP contribution in [0.5, 0.6) is 0 Å². The van der Waals surface area contributed by atoms with Crippen LogP contribution in [0.1, 0.15) is 17.5 Å². The Labute approximate surface area is 119 Å². The lowest BCUT2D eigenvalue weighted by Crippen LogP contribution is -2.26. The zero-order valence-corrected chi connectivity index (χ0v) is 12.1. The van der Waals surface area contributed by atoms with Crippen LogP contribution in [0.25, 0.3) is 0 Å². The summed E-state index contributed by atoms with van der Waals surface area (Å²) in [6.45, 7) is 2.49. The number of benzene rings is 1. The van der Waals surface area contributed by atoms with Gasteiger partial charge in [-0.1, -0.05) is 6.07 Å². The van der Waals surface area contributed by atoms with Crippen LogP contribution < -0.4 is 4.72 Å². The summed E-state index contributed by atoms with van der Waals surface area (Å²) in [7, 11) is -3.62. The summed E-state index contributed by atoms with van der Waals surface area (Å²) in [5, 5.41) is 17.3. The van der Waals surface area contributed by atoms with Gasteiger partial charge in [-0.3, -0.25) is 0 Å². The number of aliphatic hydroxyl groups excluding tert-OH is 1. The minimum absolute atomic E-state index is 0.0497. The zero-order valence-electron chi connectivity index (χ0n) is 11.3. The number of rotatable bonds is 8. The van der Waals surface area contributed by atoms with Crippen LogP contribution in [-0.4, -0.2) is 39.9 Å². The Balaban J connectivity index is 2.63. The molecule has 0 aromatic heterocycles. The van der Waals surface area contributed by atoms with E-state index in [1.165, 1.54) is 6.07 Å². The van der Waals surface area contributed by atoms with E-state index < -0.39 is 10.0 Å². The number of nitrogens with zero attached hydrogens (tertiary/aromatic N) is 1. The Morgan fingerprint density at radius 1 is 1.40 bits per heavy atom. The summed E-state index contributed by atoms with van der Waals surface area (Å²) < 4.78 is 31.7. The van der Waals surface area contributed by atoms with Gasteiger partial charge in [0.2, 0.25) is 10.0 Å². The van der Waals surface area contributed by atoms with Crippen molar-refractivity contribution in [3.8, 4) is 6.07 Å². The molecule has 0 bridgehead atoms. The van der Waals surface area contributed by atoms with Gasteiger partial charge in [0.05, 0.1) is 29.7 Å². The van der Waals surface area contributed by atoms with Crippen molar-refractivity contribution < 1.29 is 18.3 Å². The first-order valence-corrected chi connectivity index (χ1v) is 7.68. The van der Waals surface area contributed by atoms with E-state index >= 15 is 0 Å². The topological polar surface area (TPSA) is 99.4 Å². The third kappa shape index (κ3) is 4.90. The first-order valence-electron chi connectivity index (χ1n) is 6.20. The Hall–Kier alpha value is -1.46. The zero-order chi connectivity index (χ0) is 15.0. The summed E-state index contributed by atoms with van der Waals surface area (Å²) >= 11 is 0. The van der Waals surface area contributed by atoms with E-state index in [0.717, 1.165) is 0 Å². The molecule has 0 atom stereocenters. The molecular weight excluding hydrogens is 280 g/mol. The number of hydrogen-bond donors (Lipinski definition) is 2. The van der Waals surface area contributed by atoms with Gasteiger partial charge in [-0.25, -0.2) is 13.1 Å². The molecule has 0 radical (unpaired) electrons. The lowest BCUT2D eigenvalue weighted by molar-refractivity contribution is 0.0913. The number of sulfonamides is 1. The van der Waals surface area contributed by atoms with Gasteiger partial charge in [0.1, 0.15) is 0 Å². The maximum absolute atomic E-state index is 12.1. The van der Waals surface area contributed by atoms with Crippen molar-refractivity contribution in [3.63, 3.8) is 0 Å². The first kappa shape index (κ1) is 16.6. The standard InChI is InChI=1S/C13H18N2O4S/c1-11-3-4-12(10-14)9-13(11)20(17,18)15-5-2-7-19-8-6-16/h3-4,9,15-16H,2,5-8H2,1H3. The van der Waals surface area contributed by atoms with Crippen LogP contribution in [0.4, 0.5) is 0 Å². The number of nitrogens with one attached hydrogen (secondary N) is 1. The van der Waals surface area contributed by atoms with Crippen LogP contribution >= 0.6 is 0 Å². The van der Waals surface area contributed by atoms with Crippen LogP contribution in [0, 0.1) is 18.3 Å². The van der Waals surface area contributed by atoms with Crippen LogP contribution in [0.2, 0.25) is 0 Å². The molecule has 7 heteroatoms. The molecular formula is C13H18N2O4S. The quantitative estimate of drug-likeness (QED) is 0.683.